The second kappa shape index (κ2) is 5.51. The number of nitrogens with zero attached hydrogens (tertiary/aromatic N) is 1. The Balaban J connectivity index is 2.05. The van der Waals surface area contributed by atoms with Crippen LogP contribution in [0.3, 0.4) is 0 Å². The normalized spacial score (nSPS) is 17.0. The van der Waals surface area contributed by atoms with E-state index in [9.17, 15) is 13.2 Å². The Hall–Kier alpha value is -2.24. The van der Waals surface area contributed by atoms with Crippen LogP contribution >= 0.6 is 11.6 Å². The molecule has 2 aromatic rings. The Morgan fingerprint density at radius 3 is 2.41 bits per heavy atom. The molecule has 6 heteroatoms. The maximum Gasteiger partial charge on any atom is 0.282 e. The third-order valence-corrected chi connectivity index (χ3v) is 4.76. The molecule has 0 saturated heterocycles. The first-order chi connectivity index (χ1) is 10.5. The molecule has 4 nitrogen and oxygen atoms in total. The van der Waals surface area contributed by atoms with Crippen LogP contribution in [0.1, 0.15) is 0 Å². The molecule has 1 aliphatic rings. The van der Waals surface area contributed by atoms with E-state index in [4.69, 9.17) is 11.6 Å². The number of rotatable bonds is 2. The third kappa shape index (κ3) is 2.86. The van der Waals surface area contributed by atoms with Gasteiger partial charge in [0.1, 0.15) is 0 Å². The maximum absolute atomic E-state index is 12.4. The molecule has 0 amide bonds. The Bertz CT molecular complexity index is 972. The minimum atomic E-state index is -3.87. The first-order valence-electron chi connectivity index (χ1n) is 6.39. The molecule has 0 bridgehead atoms. The fraction of sp³-hybridized carbons (Fsp3) is 0. The van der Waals surface area contributed by atoms with Gasteiger partial charge in [-0.3, -0.25) is 4.79 Å². The highest BCUT2D eigenvalue weighted by Crippen LogP contribution is 2.21. The van der Waals surface area contributed by atoms with Crippen molar-refractivity contribution in [2.75, 3.05) is 0 Å². The van der Waals surface area contributed by atoms with Crippen LogP contribution in [0.2, 0.25) is 0 Å². The molecule has 0 atom stereocenters. The van der Waals surface area contributed by atoms with Gasteiger partial charge in [0.05, 0.1) is 15.6 Å². The van der Waals surface area contributed by atoms with Crippen LogP contribution in [-0.4, -0.2) is 19.9 Å². The predicted molar refractivity (Wildman–Crippen MR) is 86.7 cm³/mol. The topological polar surface area (TPSA) is 63.6 Å². The van der Waals surface area contributed by atoms with E-state index in [1.807, 2.05) is 24.3 Å². The van der Waals surface area contributed by atoms with Gasteiger partial charge in [-0.05, 0) is 41.1 Å². The Kier molecular flexibility index (Phi) is 3.68. The summed E-state index contributed by atoms with van der Waals surface area (Å²) < 4.78 is 28.4. The molecule has 0 aliphatic heterocycles. The summed E-state index contributed by atoms with van der Waals surface area (Å²) in [4.78, 5) is 11.3. The molecule has 0 N–H and O–H groups in total. The van der Waals surface area contributed by atoms with E-state index >= 15 is 0 Å². The van der Waals surface area contributed by atoms with Gasteiger partial charge in [-0.25, -0.2) is 0 Å². The molecule has 0 saturated carbocycles. The quantitative estimate of drug-likeness (QED) is 0.794. The van der Waals surface area contributed by atoms with Gasteiger partial charge in [0.15, 0.2) is 5.78 Å². The van der Waals surface area contributed by atoms with Crippen LogP contribution in [0.25, 0.3) is 10.8 Å². The fourth-order valence-electron chi connectivity index (χ4n) is 2.07. The molecule has 0 spiro atoms. The van der Waals surface area contributed by atoms with E-state index in [2.05, 4.69) is 4.40 Å². The average Bonchev–Trinajstić information content (AvgIpc) is 2.50. The smallest absolute Gasteiger partial charge is 0.282 e. The molecular formula is C16H10ClNO3S. The van der Waals surface area contributed by atoms with Crippen LogP contribution in [0.4, 0.5) is 0 Å². The molecule has 22 heavy (non-hydrogen) atoms. The summed E-state index contributed by atoms with van der Waals surface area (Å²) in [5, 5.41) is 1.70. The predicted octanol–water partition coefficient (Wildman–Crippen LogP) is 3.23. The van der Waals surface area contributed by atoms with Crippen molar-refractivity contribution >= 4 is 43.9 Å². The van der Waals surface area contributed by atoms with E-state index in [0.29, 0.717) is 0 Å². The second-order valence-electron chi connectivity index (χ2n) is 4.69. The lowest BCUT2D eigenvalue weighted by Crippen LogP contribution is -2.07. The van der Waals surface area contributed by atoms with Gasteiger partial charge >= 0.3 is 0 Å². The number of hydrogen-bond donors (Lipinski definition) is 0. The number of allylic oxidation sites excluding steroid dienone is 4. The summed E-state index contributed by atoms with van der Waals surface area (Å²) in [7, 11) is -3.87. The average molecular weight is 332 g/mol. The number of ketones is 1. The van der Waals surface area contributed by atoms with Gasteiger partial charge in [0.25, 0.3) is 10.0 Å². The first-order valence-corrected chi connectivity index (χ1v) is 8.21. The van der Waals surface area contributed by atoms with Gasteiger partial charge in [-0.15, -0.1) is 0 Å². The molecule has 0 aromatic heterocycles. The summed E-state index contributed by atoms with van der Waals surface area (Å²) >= 11 is 5.70. The van der Waals surface area contributed by atoms with E-state index < -0.39 is 10.0 Å². The largest absolute Gasteiger partial charge is 0.288 e. The highest BCUT2D eigenvalue weighted by molar-refractivity contribution is 7.90. The zero-order valence-corrected chi connectivity index (χ0v) is 12.8. The number of benzene rings is 2. The van der Waals surface area contributed by atoms with E-state index in [1.165, 1.54) is 24.3 Å². The van der Waals surface area contributed by atoms with Crippen molar-refractivity contribution in [1.29, 1.82) is 0 Å². The van der Waals surface area contributed by atoms with Crippen molar-refractivity contribution < 1.29 is 13.2 Å². The van der Waals surface area contributed by atoms with Crippen molar-refractivity contribution in [2.24, 2.45) is 4.40 Å². The molecule has 1 aliphatic carbocycles. The fourth-order valence-corrected chi connectivity index (χ4v) is 3.25. The standard InChI is InChI=1S/C16H10ClNO3S/c17-15-10-13(6-8-16(15)19)18-22(20,21)14-7-5-11-3-1-2-4-12(11)9-14/h1-10H/b18-13+. The summed E-state index contributed by atoms with van der Waals surface area (Å²) in [6, 6.07) is 12.2. The number of carbonyl (C=O) groups excluding carboxylic acids is 1. The zero-order valence-electron chi connectivity index (χ0n) is 11.2. The number of fused-ring (bicyclic) bond motifs is 1. The van der Waals surface area contributed by atoms with Crippen molar-refractivity contribution in [1.82, 2.24) is 0 Å². The van der Waals surface area contributed by atoms with Gasteiger partial charge in [0, 0.05) is 0 Å². The van der Waals surface area contributed by atoms with Crippen molar-refractivity contribution in [3.8, 4) is 0 Å². The van der Waals surface area contributed by atoms with Gasteiger partial charge in [-0.2, -0.15) is 12.8 Å². The Labute approximate surface area is 132 Å². The first kappa shape index (κ1) is 14.7. The minimum absolute atomic E-state index is 0.0602. The van der Waals surface area contributed by atoms with Gasteiger partial charge < -0.3 is 0 Å². The summed E-state index contributed by atoms with van der Waals surface area (Å²) in [6.07, 6.45) is 3.76. The number of halogens is 1. The highest BCUT2D eigenvalue weighted by atomic mass is 35.5. The zero-order chi connectivity index (χ0) is 15.7. The third-order valence-electron chi connectivity index (χ3n) is 3.16. The molecule has 0 fully saturated rings. The molecule has 0 radical (unpaired) electrons. The lowest BCUT2D eigenvalue weighted by atomic mass is 10.1. The van der Waals surface area contributed by atoms with Crippen molar-refractivity contribution in [3.05, 3.63) is 65.7 Å². The molecular weight excluding hydrogens is 322 g/mol. The number of hydrogen-bond acceptors (Lipinski definition) is 3. The molecule has 3 rings (SSSR count). The SMILES string of the molecule is O=C1C=C/C(=N\S(=O)(=O)c2ccc3ccccc3c2)C=C1Cl. The highest BCUT2D eigenvalue weighted by Gasteiger charge is 2.16. The van der Waals surface area contributed by atoms with Gasteiger partial charge in [0.2, 0.25) is 0 Å². The van der Waals surface area contributed by atoms with E-state index in [1.54, 1.807) is 12.1 Å². The van der Waals surface area contributed by atoms with Crippen molar-refractivity contribution in [3.63, 3.8) is 0 Å². The van der Waals surface area contributed by atoms with Crippen LogP contribution in [0.15, 0.2) is 75.0 Å². The van der Waals surface area contributed by atoms with Crippen LogP contribution in [0, 0.1) is 0 Å². The van der Waals surface area contributed by atoms with Crippen LogP contribution in [-0.2, 0) is 14.8 Å². The van der Waals surface area contributed by atoms with E-state index in [0.717, 1.165) is 10.8 Å². The summed E-state index contributed by atoms with van der Waals surface area (Å²) in [6.45, 7) is 0. The molecule has 110 valence electrons. The van der Waals surface area contributed by atoms with Crippen molar-refractivity contribution in [2.45, 2.75) is 4.90 Å². The van der Waals surface area contributed by atoms with E-state index in [-0.39, 0.29) is 21.4 Å². The summed E-state index contributed by atoms with van der Waals surface area (Å²) in [5.74, 6) is -0.372. The summed E-state index contributed by atoms with van der Waals surface area (Å²) in [5.41, 5.74) is 0.123. The Morgan fingerprint density at radius 2 is 1.68 bits per heavy atom. The molecule has 0 heterocycles. The number of sulfonamides is 1. The number of carbonyl (C=O) groups is 1. The second-order valence-corrected chi connectivity index (χ2v) is 6.70. The maximum atomic E-state index is 12.4. The minimum Gasteiger partial charge on any atom is -0.288 e. The van der Waals surface area contributed by atoms with Gasteiger partial charge in [-0.1, -0.05) is 41.9 Å². The Morgan fingerprint density at radius 1 is 0.955 bits per heavy atom. The van der Waals surface area contributed by atoms with Crippen LogP contribution < -0.4 is 0 Å². The lowest BCUT2D eigenvalue weighted by Gasteiger charge is -2.05. The van der Waals surface area contributed by atoms with Crippen LogP contribution in [0.5, 0.6) is 0 Å². The monoisotopic (exact) mass is 331 g/mol. The molecule has 2 aromatic carbocycles. The lowest BCUT2D eigenvalue weighted by molar-refractivity contribution is -0.110. The molecule has 0 unspecified atom stereocenters.